The number of pyridine rings is 1. The van der Waals surface area contributed by atoms with E-state index in [2.05, 4.69) is 25.6 Å². The second-order valence-electron chi connectivity index (χ2n) is 9.82. The van der Waals surface area contributed by atoms with Crippen LogP contribution in [-0.4, -0.2) is 49.0 Å². The highest BCUT2D eigenvalue weighted by atomic mass is 32.2. The molecule has 2 unspecified atom stereocenters. The van der Waals surface area contributed by atoms with Crippen molar-refractivity contribution in [2.75, 3.05) is 18.4 Å². The van der Waals surface area contributed by atoms with Gasteiger partial charge < -0.3 is 19.9 Å². The van der Waals surface area contributed by atoms with Crippen LogP contribution in [-0.2, 0) is 17.4 Å². The Balaban J connectivity index is 1.49. The number of ether oxygens (including phenoxy) is 1. The first-order chi connectivity index (χ1) is 21.4. The topological polar surface area (TPSA) is 124 Å². The minimum absolute atomic E-state index is 0.129. The lowest BCUT2D eigenvalue weighted by atomic mass is 9.93. The Morgan fingerprint density at radius 1 is 1.02 bits per heavy atom. The van der Waals surface area contributed by atoms with Gasteiger partial charge in [-0.25, -0.2) is 32.8 Å². The molecule has 1 aliphatic heterocycles. The number of rotatable bonds is 9. The summed E-state index contributed by atoms with van der Waals surface area (Å²) in [6.45, 7) is 0.689. The van der Waals surface area contributed by atoms with Gasteiger partial charge in [-0.15, -0.1) is 0 Å². The molecule has 4 aromatic rings. The molecule has 17 heteroatoms. The van der Waals surface area contributed by atoms with Crippen molar-refractivity contribution < 1.29 is 44.2 Å². The van der Waals surface area contributed by atoms with Crippen molar-refractivity contribution in [2.45, 2.75) is 30.9 Å². The number of hydrogen-bond acceptors (Lipinski definition) is 8. The molecule has 0 spiro atoms. The Hall–Kier alpha value is -4.19. The van der Waals surface area contributed by atoms with E-state index in [9.17, 15) is 26.3 Å². The van der Waals surface area contributed by atoms with Crippen molar-refractivity contribution in [3.05, 3.63) is 95.1 Å². The molecule has 2 aromatic carbocycles. The average Bonchev–Trinajstić information content (AvgIpc) is 2.99. The fraction of sp³-hybridized carbons (Fsp3) is 0.250. The van der Waals surface area contributed by atoms with E-state index in [-0.39, 0.29) is 42.1 Å². The summed E-state index contributed by atoms with van der Waals surface area (Å²) in [5.74, 6) is -6.69. The van der Waals surface area contributed by atoms with E-state index in [1.165, 1.54) is 30.6 Å². The van der Waals surface area contributed by atoms with Crippen LogP contribution < -0.4 is 20.1 Å². The van der Waals surface area contributed by atoms with E-state index in [1.807, 2.05) is 0 Å². The molecule has 2 aromatic heterocycles. The highest BCUT2D eigenvalue weighted by Gasteiger charge is 2.38. The highest BCUT2D eigenvalue weighted by Crippen LogP contribution is 2.40. The number of halogens is 7. The van der Waals surface area contributed by atoms with Gasteiger partial charge in [0.05, 0.1) is 22.9 Å². The molecule has 3 heterocycles. The number of piperidine rings is 1. The van der Waals surface area contributed by atoms with Gasteiger partial charge in [-0.3, -0.25) is 4.21 Å². The third kappa shape index (κ3) is 7.38. The molecule has 0 bridgehead atoms. The molecule has 0 amide bonds. The Labute approximate surface area is 253 Å². The van der Waals surface area contributed by atoms with E-state index in [1.54, 1.807) is 4.72 Å². The summed E-state index contributed by atoms with van der Waals surface area (Å²) in [4.78, 5) is 12.5. The van der Waals surface area contributed by atoms with Crippen LogP contribution in [0.3, 0.4) is 0 Å². The standard InChI is InChI=1S/C28H23F7N6O3S/c29-14-10-15(13-36-12-14)39-27-38-9-7-20(40-27)17-5-3-8-37-26(17)44-21-11-19(30)22(24(32)23(21)31)25(41-45(42)43)16-4-1-2-6-18(16)28(33,34)35/h1-9,11,14-15,25,36,41H,10,12-13H2,(H,42,43)(H,38,39,40)/p-1/t14-,15-,25?/m0/s1. The maximum atomic E-state index is 15.5. The Kier molecular flexibility index (Phi) is 9.62. The summed E-state index contributed by atoms with van der Waals surface area (Å²) in [6, 6.07) is 5.63. The lowest BCUT2D eigenvalue weighted by molar-refractivity contribution is -0.138. The van der Waals surface area contributed by atoms with Gasteiger partial charge in [0.2, 0.25) is 17.6 Å². The van der Waals surface area contributed by atoms with Gasteiger partial charge >= 0.3 is 6.18 Å². The first-order valence-corrected chi connectivity index (χ1v) is 14.3. The molecular formula is C28H22F7N6O3S-. The Bertz CT molecular complexity index is 1710. The Morgan fingerprint density at radius 2 is 1.80 bits per heavy atom. The predicted molar refractivity (Wildman–Crippen MR) is 147 cm³/mol. The van der Waals surface area contributed by atoms with Crippen molar-refractivity contribution in [3.63, 3.8) is 0 Å². The van der Waals surface area contributed by atoms with E-state index in [0.29, 0.717) is 18.7 Å². The highest BCUT2D eigenvalue weighted by molar-refractivity contribution is 7.77. The molecule has 1 saturated heterocycles. The smallest absolute Gasteiger partial charge is 0.416 e. The maximum Gasteiger partial charge on any atom is 0.416 e. The summed E-state index contributed by atoms with van der Waals surface area (Å²) in [5.41, 5.74) is -3.26. The molecule has 238 valence electrons. The fourth-order valence-electron chi connectivity index (χ4n) is 4.84. The van der Waals surface area contributed by atoms with Gasteiger partial charge in [0, 0.05) is 60.8 Å². The zero-order valence-corrected chi connectivity index (χ0v) is 23.6. The first-order valence-electron chi connectivity index (χ1n) is 13.2. The van der Waals surface area contributed by atoms with E-state index >= 15 is 13.2 Å². The predicted octanol–water partition coefficient (Wildman–Crippen LogP) is 5.35. The van der Waals surface area contributed by atoms with Crippen molar-refractivity contribution in [1.29, 1.82) is 0 Å². The summed E-state index contributed by atoms with van der Waals surface area (Å²) >= 11 is -3.33. The lowest BCUT2D eigenvalue weighted by Gasteiger charge is -2.26. The molecule has 1 aliphatic rings. The van der Waals surface area contributed by atoms with Crippen molar-refractivity contribution >= 4 is 17.2 Å². The molecule has 45 heavy (non-hydrogen) atoms. The molecule has 0 aliphatic carbocycles. The lowest BCUT2D eigenvalue weighted by Crippen LogP contribution is -2.44. The van der Waals surface area contributed by atoms with E-state index in [4.69, 9.17) is 4.74 Å². The zero-order valence-electron chi connectivity index (χ0n) is 22.7. The second kappa shape index (κ2) is 13.4. The summed E-state index contributed by atoms with van der Waals surface area (Å²) in [6.07, 6.45) is -3.26. The fourth-order valence-corrected chi connectivity index (χ4v) is 5.28. The van der Waals surface area contributed by atoms with E-state index < -0.39 is 69.5 Å². The van der Waals surface area contributed by atoms with Crippen LogP contribution in [0.4, 0.5) is 36.7 Å². The van der Waals surface area contributed by atoms with Gasteiger partial charge in [0.15, 0.2) is 11.6 Å². The van der Waals surface area contributed by atoms with Crippen LogP contribution in [0.5, 0.6) is 11.6 Å². The molecule has 1 fully saturated rings. The minimum atomic E-state index is -5.04. The number of alkyl halides is 4. The monoisotopic (exact) mass is 655 g/mol. The number of anilines is 1. The van der Waals surface area contributed by atoms with Crippen LogP contribution in [0.1, 0.15) is 29.2 Å². The van der Waals surface area contributed by atoms with Gasteiger partial charge in [-0.05, 0) is 29.8 Å². The molecule has 3 N–H and O–H groups in total. The molecule has 4 atom stereocenters. The number of nitrogens with one attached hydrogen (secondary N) is 3. The number of benzene rings is 2. The number of aromatic nitrogens is 3. The molecule has 0 saturated carbocycles. The molecule has 0 radical (unpaired) electrons. The van der Waals surface area contributed by atoms with Gasteiger partial charge in [-0.1, -0.05) is 18.2 Å². The quantitative estimate of drug-likeness (QED) is 0.125. The number of hydrogen-bond donors (Lipinski definition) is 3. The zero-order chi connectivity index (χ0) is 32.3. The van der Waals surface area contributed by atoms with Gasteiger partial charge in [-0.2, -0.15) is 17.6 Å². The normalized spacial score (nSPS) is 18.3. The minimum Gasteiger partial charge on any atom is -0.760 e. The van der Waals surface area contributed by atoms with Crippen molar-refractivity contribution in [2.24, 2.45) is 0 Å². The maximum absolute atomic E-state index is 15.5. The van der Waals surface area contributed by atoms with Crippen LogP contribution in [0.25, 0.3) is 11.3 Å². The van der Waals surface area contributed by atoms with Gasteiger partial charge in [0.25, 0.3) is 0 Å². The number of nitrogens with zero attached hydrogens (tertiary/aromatic N) is 3. The third-order valence-electron chi connectivity index (χ3n) is 6.78. The average molecular weight is 656 g/mol. The van der Waals surface area contributed by atoms with E-state index in [0.717, 1.165) is 18.2 Å². The SMILES string of the molecule is O=S([O-])NC(c1ccccc1C(F)(F)F)c1c(F)cc(Oc2ncccc2-c2ccnc(N[C@@H]3CNC[C@@H](F)C3)n2)c(F)c1F. The van der Waals surface area contributed by atoms with Crippen LogP contribution in [0, 0.1) is 17.5 Å². The molecular weight excluding hydrogens is 633 g/mol. The van der Waals surface area contributed by atoms with Crippen LogP contribution in [0.2, 0.25) is 0 Å². The summed E-state index contributed by atoms with van der Waals surface area (Å²) in [7, 11) is 0. The van der Waals surface area contributed by atoms with Crippen LogP contribution >= 0.6 is 0 Å². The third-order valence-corrected chi connectivity index (χ3v) is 7.21. The van der Waals surface area contributed by atoms with Crippen LogP contribution in [0.15, 0.2) is 60.9 Å². The summed E-state index contributed by atoms with van der Waals surface area (Å²) < 4.78 is 131. The summed E-state index contributed by atoms with van der Waals surface area (Å²) in [5, 5.41) is 5.94. The largest absolute Gasteiger partial charge is 0.760 e. The van der Waals surface area contributed by atoms with Crippen molar-refractivity contribution in [1.82, 2.24) is 25.0 Å². The molecule has 9 nitrogen and oxygen atoms in total. The van der Waals surface area contributed by atoms with Gasteiger partial charge in [0.1, 0.15) is 12.0 Å². The molecule has 5 rings (SSSR count). The van der Waals surface area contributed by atoms with Crippen molar-refractivity contribution in [3.8, 4) is 22.9 Å². The second-order valence-corrected chi connectivity index (χ2v) is 10.5. The Morgan fingerprint density at radius 3 is 2.53 bits per heavy atom. The first kappa shape index (κ1) is 32.2.